The van der Waals surface area contributed by atoms with Gasteiger partial charge in [0.25, 0.3) is 0 Å². The van der Waals surface area contributed by atoms with E-state index in [-0.39, 0.29) is 11.4 Å². The number of nitrogens with zero attached hydrogens (tertiary/aromatic N) is 3. The summed E-state index contributed by atoms with van der Waals surface area (Å²) < 4.78 is 0. The van der Waals surface area contributed by atoms with Crippen LogP contribution in [-0.4, -0.2) is 29.1 Å². The molecular weight excluding hydrogens is 172 g/mol. The Kier molecular flexibility index (Phi) is 4.89. The molecule has 4 N–H and O–H groups in total. The van der Waals surface area contributed by atoms with Gasteiger partial charge in [-0.3, -0.25) is 0 Å². The Morgan fingerprint density at radius 2 is 2.15 bits per heavy atom. The zero-order valence-corrected chi connectivity index (χ0v) is 6.68. The molecule has 13 heavy (non-hydrogen) atoms. The number of rotatable bonds is 3. The lowest BCUT2D eigenvalue weighted by Gasteiger charge is -1.96. The summed E-state index contributed by atoms with van der Waals surface area (Å²) in [6, 6.07) is 3.11. The summed E-state index contributed by atoms with van der Waals surface area (Å²) in [6.45, 7) is -0.505. The number of aliphatic imine (C=N–C) groups is 1. The van der Waals surface area contributed by atoms with Crippen LogP contribution in [0, 0.1) is 22.7 Å². The van der Waals surface area contributed by atoms with E-state index in [0.29, 0.717) is 0 Å². The molecule has 0 saturated heterocycles. The predicted molar refractivity (Wildman–Crippen MR) is 44.0 cm³/mol. The Morgan fingerprint density at radius 1 is 1.54 bits per heavy atom. The van der Waals surface area contributed by atoms with Gasteiger partial charge in [-0.15, -0.1) is 0 Å². The number of nitriles is 2. The first-order valence-electron chi connectivity index (χ1n) is 3.28. The number of nitrogens with two attached hydrogens (primary N) is 1. The summed E-state index contributed by atoms with van der Waals surface area (Å²) in [6.07, 6.45) is -0.224. The first kappa shape index (κ1) is 11.1. The normalized spacial score (nSPS) is 14.5. The van der Waals surface area contributed by atoms with Gasteiger partial charge < -0.3 is 15.9 Å². The third kappa shape index (κ3) is 3.87. The van der Waals surface area contributed by atoms with Crippen molar-refractivity contribution in [3.8, 4) is 12.1 Å². The Hall–Kier alpha value is -1.89. The second-order valence-electron chi connectivity index (χ2n) is 2.01. The van der Waals surface area contributed by atoms with E-state index < -0.39 is 12.7 Å². The van der Waals surface area contributed by atoms with E-state index in [1.54, 1.807) is 6.07 Å². The highest BCUT2D eigenvalue weighted by Gasteiger charge is 2.00. The first-order chi connectivity index (χ1) is 6.15. The van der Waals surface area contributed by atoms with Crippen LogP contribution in [0.15, 0.2) is 16.4 Å². The van der Waals surface area contributed by atoms with Crippen LogP contribution in [0.3, 0.4) is 0 Å². The highest BCUT2D eigenvalue weighted by molar-refractivity contribution is 5.65. The van der Waals surface area contributed by atoms with Crippen LogP contribution in [0.2, 0.25) is 0 Å². The molecule has 0 fully saturated rings. The van der Waals surface area contributed by atoms with E-state index in [2.05, 4.69) is 4.99 Å². The minimum Gasteiger partial charge on any atom is -0.393 e. The number of hydrogen-bond donors (Lipinski definition) is 3. The fourth-order valence-corrected chi connectivity index (χ4v) is 0.419. The van der Waals surface area contributed by atoms with Crippen molar-refractivity contribution in [2.24, 2.45) is 10.7 Å². The van der Waals surface area contributed by atoms with E-state index in [1.807, 2.05) is 0 Å². The van der Waals surface area contributed by atoms with Crippen LogP contribution in [0.25, 0.3) is 0 Å². The number of allylic oxidation sites excluding steroid dienone is 2. The molecule has 1 unspecified atom stereocenters. The van der Waals surface area contributed by atoms with E-state index in [9.17, 15) is 0 Å². The van der Waals surface area contributed by atoms with E-state index in [4.69, 9.17) is 26.5 Å². The zero-order valence-electron chi connectivity index (χ0n) is 6.68. The van der Waals surface area contributed by atoms with Crippen molar-refractivity contribution in [1.82, 2.24) is 0 Å². The smallest absolute Gasteiger partial charge is 0.174 e. The van der Waals surface area contributed by atoms with Crippen LogP contribution in [-0.2, 0) is 0 Å². The molecule has 0 aromatic carbocycles. The second-order valence-corrected chi connectivity index (χ2v) is 2.01. The summed E-state index contributed by atoms with van der Waals surface area (Å²) in [5, 5.41) is 33.9. The van der Waals surface area contributed by atoms with Crippen LogP contribution in [0.4, 0.5) is 0 Å². The molecule has 6 nitrogen and oxygen atoms in total. The van der Waals surface area contributed by atoms with Gasteiger partial charge in [0.1, 0.15) is 23.9 Å². The summed E-state index contributed by atoms with van der Waals surface area (Å²) in [5.74, 6) is 0. The summed E-state index contributed by atoms with van der Waals surface area (Å²) in [4.78, 5) is 3.42. The molecule has 0 bridgehead atoms. The average Bonchev–Trinajstić information content (AvgIpc) is 2.17. The number of aliphatic hydroxyl groups excluding tert-OH is 2. The molecule has 0 aliphatic rings. The minimum absolute atomic E-state index is 0.282. The quantitative estimate of drug-likeness (QED) is 0.364. The lowest BCUT2D eigenvalue weighted by Crippen LogP contribution is -2.13. The molecule has 0 spiro atoms. The Morgan fingerprint density at radius 3 is 2.54 bits per heavy atom. The molecule has 68 valence electrons. The molecular formula is C7H8N4O2. The van der Waals surface area contributed by atoms with E-state index in [0.717, 1.165) is 6.21 Å². The van der Waals surface area contributed by atoms with Gasteiger partial charge in [0.2, 0.25) is 0 Å². The molecule has 0 rings (SSSR count). The van der Waals surface area contributed by atoms with Crippen molar-refractivity contribution >= 4 is 6.21 Å². The Balaban J connectivity index is 4.61. The lowest BCUT2D eigenvalue weighted by atomic mass is 10.3. The van der Waals surface area contributed by atoms with Crippen LogP contribution >= 0.6 is 0 Å². The minimum atomic E-state index is -1.16. The first-order valence-corrected chi connectivity index (χ1v) is 3.28. The molecule has 0 amide bonds. The van der Waals surface area contributed by atoms with Gasteiger partial charge in [0.15, 0.2) is 5.70 Å². The Bertz CT molecular complexity index is 307. The largest absolute Gasteiger partial charge is 0.393 e. The monoisotopic (exact) mass is 180 g/mol. The second kappa shape index (κ2) is 5.72. The summed E-state index contributed by atoms with van der Waals surface area (Å²) >= 11 is 0. The van der Waals surface area contributed by atoms with E-state index >= 15 is 0 Å². The van der Waals surface area contributed by atoms with Gasteiger partial charge in [0.05, 0.1) is 6.61 Å². The topological polar surface area (TPSA) is 126 Å². The zero-order chi connectivity index (χ0) is 10.3. The molecule has 0 aromatic heterocycles. The maximum absolute atomic E-state index is 8.80. The van der Waals surface area contributed by atoms with Crippen LogP contribution in [0.5, 0.6) is 0 Å². The van der Waals surface area contributed by atoms with Crippen molar-refractivity contribution in [3.05, 3.63) is 11.4 Å². The van der Waals surface area contributed by atoms with Gasteiger partial charge in [-0.25, -0.2) is 4.99 Å². The molecule has 0 radical (unpaired) electrons. The molecule has 0 aliphatic carbocycles. The molecule has 6 heteroatoms. The van der Waals surface area contributed by atoms with Gasteiger partial charge in [-0.1, -0.05) is 0 Å². The van der Waals surface area contributed by atoms with Gasteiger partial charge in [-0.2, -0.15) is 10.5 Å². The summed E-state index contributed by atoms with van der Waals surface area (Å²) in [5.41, 5.74) is 4.48. The standard InChI is InChI=1S/C7H8N4O2/c8-1-6(10)7(2-9)11-3-5(13)4-12/h3,5,12-13H,4,10H2/b7-6-,11-3?. The molecule has 0 saturated carbocycles. The summed E-state index contributed by atoms with van der Waals surface area (Å²) in [7, 11) is 0. The third-order valence-electron chi connectivity index (χ3n) is 1.04. The fraction of sp³-hybridized carbons (Fsp3) is 0.286. The van der Waals surface area contributed by atoms with Gasteiger partial charge >= 0.3 is 0 Å². The SMILES string of the molecule is N#C/C(N)=C(\C#N)N=CC(O)CO. The molecule has 0 aromatic rings. The van der Waals surface area contributed by atoms with Crippen LogP contribution < -0.4 is 5.73 Å². The number of aliphatic hydroxyl groups is 2. The van der Waals surface area contributed by atoms with E-state index in [1.165, 1.54) is 6.07 Å². The van der Waals surface area contributed by atoms with Crippen molar-refractivity contribution in [2.45, 2.75) is 6.10 Å². The third-order valence-corrected chi connectivity index (χ3v) is 1.04. The Labute approximate surface area is 74.8 Å². The maximum atomic E-state index is 8.80. The van der Waals surface area contributed by atoms with Crippen molar-refractivity contribution in [3.63, 3.8) is 0 Å². The van der Waals surface area contributed by atoms with Gasteiger partial charge in [-0.05, 0) is 0 Å². The van der Waals surface area contributed by atoms with Gasteiger partial charge in [0, 0.05) is 6.21 Å². The van der Waals surface area contributed by atoms with Crippen molar-refractivity contribution < 1.29 is 10.2 Å². The maximum Gasteiger partial charge on any atom is 0.174 e. The highest BCUT2D eigenvalue weighted by Crippen LogP contribution is 1.97. The average molecular weight is 180 g/mol. The predicted octanol–water partition coefficient (Wildman–Crippen LogP) is -1.37. The molecule has 0 aliphatic heterocycles. The number of hydrogen-bond acceptors (Lipinski definition) is 6. The van der Waals surface area contributed by atoms with Crippen LogP contribution in [0.1, 0.15) is 0 Å². The van der Waals surface area contributed by atoms with Crippen molar-refractivity contribution in [2.75, 3.05) is 6.61 Å². The lowest BCUT2D eigenvalue weighted by molar-refractivity contribution is 0.148. The molecule has 0 heterocycles. The van der Waals surface area contributed by atoms with Crippen molar-refractivity contribution in [1.29, 1.82) is 10.5 Å². The highest BCUT2D eigenvalue weighted by atomic mass is 16.3. The fourth-order valence-electron chi connectivity index (χ4n) is 0.419. The molecule has 1 atom stereocenters.